The minimum absolute atomic E-state index is 0.0112. The fourth-order valence-corrected chi connectivity index (χ4v) is 3.34. The van der Waals surface area contributed by atoms with E-state index in [9.17, 15) is 9.59 Å². The lowest BCUT2D eigenvalue weighted by atomic mass is 10.1. The molecule has 2 heterocycles. The summed E-state index contributed by atoms with van der Waals surface area (Å²) in [4.78, 5) is 28.7. The van der Waals surface area contributed by atoms with E-state index in [0.717, 1.165) is 13.1 Å². The number of halogens is 1. The van der Waals surface area contributed by atoms with Gasteiger partial charge in [-0.3, -0.25) is 14.5 Å². The molecule has 0 radical (unpaired) electrons. The van der Waals surface area contributed by atoms with Crippen LogP contribution in [0.3, 0.4) is 0 Å². The summed E-state index contributed by atoms with van der Waals surface area (Å²) < 4.78 is 10.9. The zero-order valence-corrected chi connectivity index (χ0v) is 15.6. The van der Waals surface area contributed by atoms with Crippen molar-refractivity contribution in [1.29, 1.82) is 0 Å². The van der Waals surface area contributed by atoms with Crippen LogP contribution >= 0.6 is 11.6 Å². The first-order valence-corrected chi connectivity index (χ1v) is 9.14. The van der Waals surface area contributed by atoms with E-state index >= 15 is 0 Å². The molecule has 0 saturated carbocycles. The van der Waals surface area contributed by atoms with Crippen LogP contribution in [-0.4, -0.2) is 60.5 Å². The van der Waals surface area contributed by atoms with Gasteiger partial charge in [0.05, 0.1) is 0 Å². The lowest BCUT2D eigenvalue weighted by Crippen LogP contribution is -2.48. The molecule has 0 spiro atoms. The summed E-state index contributed by atoms with van der Waals surface area (Å²) in [6.07, 6.45) is 0.0603. The molecular formula is C19H23ClN2O4. The van der Waals surface area contributed by atoms with Gasteiger partial charge >= 0.3 is 0 Å². The molecule has 0 aliphatic carbocycles. The lowest BCUT2D eigenvalue weighted by molar-refractivity contribution is -0.132. The van der Waals surface area contributed by atoms with Crippen molar-refractivity contribution in [3.8, 4) is 11.5 Å². The molecule has 6 nitrogen and oxygen atoms in total. The standard InChI is InChI=1S/C19H23ClN2O4/c1-13(20)12-21-7-9-22(10-8-21)19(24)6-4-16(23)15-3-5-17-18(11-15)26-14(2)25-17/h3,5,11,14H,1,4,6-10,12H2,2H3. The van der Waals surface area contributed by atoms with Crippen molar-refractivity contribution in [2.24, 2.45) is 0 Å². The second-order valence-corrected chi connectivity index (χ2v) is 7.10. The molecular weight excluding hydrogens is 356 g/mol. The zero-order chi connectivity index (χ0) is 18.7. The number of rotatable bonds is 6. The molecule has 1 fully saturated rings. The summed E-state index contributed by atoms with van der Waals surface area (Å²) in [6, 6.07) is 5.13. The highest BCUT2D eigenvalue weighted by atomic mass is 35.5. The number of nitrogens with zero attached hydrogens (tertiary/aromatic N) is 2. The van der Waals surface area contributed by atoms with E-state index in [-0.39, 0.29) is 30.8 Å². The molecule has 2 aliphatic heterocycles. The highest BCUT2D eigenvalue weighted by Gasteiger charge is 2.24. The fourth-order valence-electron chi connectivity index (χ4n) is 3.17. The monoisotopic (exact) mass is 378 g/mol. The van der Waals surface area contributed by atoms with Crippen LogP contribution in [0.2, 0.25) is 0 Å². The summed E-state index contributed by atoms with van der Waals surface area (Å²) in [5.41, 5.74) is 0.541. The molecule has 3 rings (SSSR count). The minimum atomic E-state index is -0.341. The number of carbonyl (C=O) groups excluding carboxylic acids is 2. The number of Topliss-reactive ketones (excluding diaryl/α,β-unsaturated/α-hetero) is 1. The van der Waals surface area contributed by atoms with Gasteiger partial charge in [0, 0.05) is 63.1 Å². The van der Waals surface area contributed by atoms with Gasteiger partial charge in [0.25, 0.3) is 0 Å². The van der Waals surface area contributed by atoms with Gasteiger partial charge in [-0.15, -0.1) is 0 Å². The number of hydrogen-bond donors (Lipinski definition) is 0. The SMILES string of the molecule is C=C(Cl)CN1CCN(C(=O)CCC(=O)c2ccc3c(c2)OC(C)O3)CC1. The van der Waals surface area contributed by atoms with Crippen molar-refractivity contribution in [3.63, 3.8) is 0 Å². The Labute approximate surface area is 158 Å². The number of fused-ring (bicyclic) bond motifs is 1. The van der Waals surface area contributed by atoms with Gasteiger partial charge in [-0.2, -0.15) is 0 Å². The van der Waals surface area contributed by atoms with E-state index in [1.54, 1.807) is 25.1 Å². The van der Waals surface area contributed by atoms with E-state index in [2.05, 4.69) is 11.5 Å². The molecule has 1 unspecified atom stereocenters. The molecule has 140 valence electrons. The Bertz CT molecular complexity index is 713. The van der Waals surface area contributed by atoms with Crippen LogP contribution in [0.1, 0.15) is 30.1 Å². The maximum Gasteiger partial charge on any atom is 0.238 e. The van der Waals surface area contributed by atoms with Crippen molar-refractivity contribution in [2.45, 2.75) is 26.1 Å². The van der Waals surface area contributed by atoms with E-state index in [0.29, 0.717) is 41.7 Å². The minimum Gasteiger partial charge on any atom is -0.451 e. The maximum atomic E-state index is 12.4. The van der Waals surface area contributed by atoms with Gasteiger partial charge in [-0.25, -0.2) is 0 Å². The second kappa shape index (κ2) is 8.10. The molecule has 2 aliphatic rings. The van der Waals surface area contributed by atoms with Crippen molar-refractivity contribution in [2.75, 3.05) is 32.7 Å². The number of ketones is 1. The molecule has 26 heavy (non-hydrogen) atoms. The Morgan fingerprint density at radius 3 is 2.54 bits per heavy atom. The molecule has 7 heteroatoms. The molecule has 1 aromatic carbocycles. The molecule has 0 N–H and O–H groups in total. The number of carbonyl (C=O) groups is 2. The van der Waals surface area contributed by atoms with Crippen LogP contribution < -0.4 is 9.47 Å². The highest BCUT2D eigenvalue weighted by molar-refractivity contribution is 6.29. The summed E-state index contributed by atoms with van der Waals surface area (Å²) in [5.74, 6) is 1.16. The number of piperazine rings is 1. The Kier molecular flexibility index (Phi) is 5.84. The number of amides is 1. The highest BCUT2D eigenvalue weighted by Crippen LogP contribution is 2.35. The smallest absolute Gasteiger partial charge is 0.238 e. The van der Waals surface area contributed by atoms with Crippen molar-refractivity contribution in [1.82, 2.24) is 9.80 Å². The Morgan fingerprint density at radius 1 is 1.15 bits per heavy atom. The average molecular weight is 379 g/mol. The summed E-state index contributed by atoms with van der Waals surface area (Å²) >= 11 is 5.83. The van der Waals surface area contributed by atoms with Crippen molar-refractivity contribution >= 4 is 23.3 Å². The summed E-state index contributed by atoms with van der Waals surface area (Å²) in [7, 11) is 0. The van der Waals surface area contributed by atoms with Gasteiger partial charge in [0.15, 0.2) is 17.3 Å². The second-order valence-electron chi connectivity index (χ2n) is 6.56. The third kappa shape index (κ3) is 4.56. The maximum absolute atomic E-state index is 12.4. The first-order chi connectivity index (χ1) is 12.4. The predicted octanol–water partition coefficient (Wildman–Crippen LogP) is 2.66. The van der Waals surface area contributed by atoms with E-state index in [1.165, 1.54) is 0 Å². The van der Waals surface area contributed by atoms with Crippen LogP contribution in [0.5, 0.6) is 11.5 Å². The van der Waals surface area contributed by atoms with Crippen LogP contribution in [0, 0.1) is 0 Å². The van der Waals surface area contributed by atoms with Crippen LogP contribution in [0.25, 0.3) is 0 Å². The third-order valence-electron chi connectivity index (χ3n) is 4.54. The molecule has 1 amide bonds. The quantitative estimate of drug-likeness (QED) is 0.712. The van der Waals surface area contributed by atoms with E-state index in [1.807, 2.05) is 4.90 Å². The molecule has 1 aromatic rings. The van der Waals surface area contributed by atoms with Crippen LogP contribution in [0.4, 0.5) is 0 Å². The molecule has 1 saturated heterocycles. The lowest BCUT2D eigenvalue weighted by Gasteiger charge is -2.34. The molecule has 1 atom stereocenters. The fraction of sp³-hybridized carbons (Fsp3) is 0.474. The van der Waals surface area contributed by atoms with Gasteiger partial charge in [0.1, 0.15) is 0 Å². The Hall–Kier alpha value is -2.05. The Morgan fingerprint density at radius 2 is 1.85 bits per heavy atom. The van der Waals surface area contributed by atoms with E-state index in [4.69, 9.17) is 21.1 Å². The van der Waals surface area contributed by atoms with Gasteiger partial charge in [0.2, 0.25) is 12.2 Å². The normalized spacial score (nSPS) is 19.5. The first-order valence-electron chi connectivity index (χ1n) is 8.76. The Balaban J connectivity index is 1.47. The van der Waals surface area contributed by atoms with Crippen molar-refractivity contribution in [3.05, 3.63) is 35.4 Å². The van der Waals surface area contributed by atoms with E-state index < -0.39 is 0 Å². The number of hydrogen-bond acceptors (Lipinski definition) is 5. The molecule has 0 bridgehead atoms. The summed E-state index contributed by atoms with van der Waals surface area (Å²) in [6.45, 7) is 8.98. The number of ether oxygens (including phenoxy) is 2. The van der Waals surface area contributed by atoms with Gasteiger partial charge < -0.3 is 14.4 Å². The van der Waals surface area contributed by atoms with Gasteiger partial charge in [-0.1, -0.05) is 18.2 Å². The van der Waals surface area contributed by atoms with Crippen molar-refractivity contribution < 1.29 is 19.1 Å². The summed E-state index contributed by atoms with van der Waals surface area (Å²) in [5, 5.41) is 0.605. The number of benzene rings is 1. The zero-order valence-electron chi connectivity index (χ0n) is 14.9. The largest absolute Gasteiger partial charge is 0.451 e. The van der Waals surface area contributed by atoms with Gasteiger partial charge in [-0.05, 0) is 18.2 Å². The predicted molar refractivity (Wildman–Crippen MR) is 98.7 cm³/mol. The topological polar surface area (TPSA) is 59.1 Å². The average Bonchev–Trinajstić information content (AvgIpc) is 2.98. The third-order valence-corrected chi connectivity index (χ3v) is 4.66. The van der Waals surface area contributed by atoms with Crippen LogP contribution in [-0.2, 0) is 4.79 Å². The first kappa shape index (κ1) is 18.7. The molecule has 0 aromatic heterocycles. The van der Waals surface area contributed by atoms with Crippen LogP contribution in [0.15, 0.2) is 29.8 Å².